The third-order valence-electron chi connectivity index (χ3n) is 3.59. The van der Waals surface area contributed by atoms with Crippen LogP contribution in [0.25, 0.3) is 0 Å². The van der Waals surface area contributed by atoms with Crippen LogP contribution in [0.3, 0.4) is 0 Å². The highest BCUT2D eigenvalue weighted by Gasteiger charge is 2.13. The number of methoxy groups -OCH3 is 2. The zero-order valence-electron chi connectivity index (χ0n) is 14.5. The fourth-order valence-electron chi connectivity index (χ4n) is 2.25. The Morgan fingerprint density at radius 3 is 2.08 bits per heavy atom. The van der Waals surface area contributed by atoms with E-state index in [-0.39, 0.29) is 12.5 Å². The summed E-state index contributed by atoms with van der Waals surface area (Å²) in [6.45, 7) is 4.12. The molecule has 0 unspecified atom stereocenters. The van der Waals surface area contributed by atoms with E-state index in [1.807, 2.05) is 24.3 Å². The predicted octanol–water partition coefficient (Wildman–Crippen LogP) is 3.84. The van der Waals surface area contributed by atoms with Crippen LogP contribution >= 0.6 is 0 Å². The van der Waals surface area contributed by atoms with E-state index in [0.29, 0.717) is 23.2 Å². The summed E-state index contributed by atoms with van der Waals surface area (Å²) >= 11 is 0. The molecule has 2 aromatic rings. The van der Waals surface area contributed by atoms with Crippen LogP contribution in [0.15, 0.2) is 42.5 Å². The molecule has 0 atom stereocenters. The van der Waals surface area contributed by atoms with Crippen LogP contribution in [0.5, 0.6) is 17.2 Å². The van der Waals surface area contributed by atoms with Gasteiger partial charge in [-0.05, 0) is 35.7 Å². The van der Waals surface area contributed by atoms with Crippen molar-refractivity contribution in [2.45, 2.75) is 19.8 Å². The second-order valence-electron chi connectivity index (χ2n) is 5.61. The minimum atomic E-state index is -0.250. The lowest BCUT2D eigenvalue weighted by atomic mass is 10.0. The molecule has 2 aromatic carbocycles. The zero-order valence-corrected chi connectivity index (χ0v) is 14.5. The molecule has 0 aromatic heterocycles. The highest BCUT2D eigenvalue weighted by atomic mass is 16.5. The predicted molar refractivity (Wildman–Crippen MR) is 94.2 cm³/mol. The summed E-state index contributed by atoms with van der Waals surface area (Å²) in [4.78, 5) is 12.1. The summed E-state index contributed by atoms with van der Waals surface area (Å²) in [5, 5.41) is 2.81. The van der Waals surface area contributed by atoms with Crippen molar-refractivity contribution < 1.29 is 19.0 Å². The first kappa shape index (κ1) is 17.7. The van der Waals surface area contributed by atoms with Gasteiger partial charge in [0.2, 0.25) is 5.75 Å². The molecular weight excluding hydrogens is 306 g/mol. The summed E-state index contributed by atoms with van der Waals surface area (Å²) in [6, 6.07) is 13.1. The number of hydrogen-bond donors (Lipinski definition) is 1. The van der Waals surface area contributed by atoms with Crippen molar-refractivity contribution in [3.05, 3.63) is 48.0 Å². The highest BCUT2D eigenvalue weighted by Crippen LogP contribution is 2.36. The number of hydrogen-bond acceptors (Lipinski definition) is 4. The maximum absolute atomic E-state index is 12.1. The molecule has 5 heteroatoms. The molecule has 0 aliphatic rings. The van der Waals surface area contributed by atoms with Gasteiger partial charge in [0.25, 0.3) is 5.91 Å². The van der Waals surface area contributed by atoms with Crippen molar-refractivity contribution in [1.29, 1.82) is 0 Å². The summed E-state index contributed by atoms with van der Waals surface area (Å²) < 4.78 is 16.1. The van der Waals surface area contributed by atoms with Crippen LogP contribution in [0.2, 0.25) is 0 Å². The molecule has 0 spiro atoms. The van der Waals surface area contributed by atoms with Gasteiger partial charge < -0.3 is 19.5 Å². The van der Waals surface area contributed by atoms with Crippen molar-refractivity contribution in [1.82, 2.24) is 0 Å². The van der Waals surface area contributed by atoms with Gasteiger partial charge in [-0.2, -0.15) is 0 Å². The Bertz CT molecular complexity index is 658. The third-order valence-corrected chi connectivity index (χ3v) is 3.59. The van der Waals surface area contributed by atoms with Gasteiger partial charge in [-0.3, -0.25) is 4.79 Å². The first-order chi connectivity index (χ1) is 11.5. The summed E-state index contributed by atoms with van der Waals surface area (Å²) in [5.74, 6) is 1.65. The average Bonchev–Trinajstić information content (AvgIpc) is 2.59. The lowest BCUT2D eigenvalue weighted by Gasteiger charge is -2.14. The largest absolute Gasteiger partial charge is 0.493 e. The van der Waals surface area contributed by atoms with Crippen molar-refractivity contribution in [3.8, 4) is 17.2 Å². The Hall–Kier alpha value is -2.69. The first-order valence-electron chi connectivity index (χ1n) is 7.78. The van der Waals surface area contributed by atoms with Crippen LogP contribution in [-0.2, 0) is 4.79 Å². The fraction of sp³-hybridized carbons (Fsp3) is 0.316. The van der Waals surface area contributed by atoms with E-state index in [4.69, 9.17) is 14.2 Å². The van der Waals surface area contributed by atoms with E-state index in [0.717, 1.165) is 5.69 Å². The molecule has 0 saturated carbocycles. The lowest BCUT2D eigenvalue weighted by molar-refractivity contribution is -0.118. The molecular formula is C19H23NO4. The number of carbonyl (C=O) groups is 1. The summed E-state index contributed by atoms with van der Waals surface area (Å²) in [7, 11) is 3.08. The first-order valence-corrected chi connectivity index (χ1v) is 7.78. The van der Waals surface area contributed by atoms with Gasteiger partial charge in [0.1, 0.15) is 0 Å². The molecule has 2 rings (SSSR count). The monoisotopic (exact) mass is 329 g/mol. The van der Waals surface area contributed by atoms with E-state index in [1.165, 1.54) is 19.8 Å². The highest BCUT2D eigenvalue weighted by molar-refractivity contribution is 5.91. The lowest BCUT2D eigenvalue weighted by Crippen LogP contribution is -2.20. The fourth-order valence-corrected chi connectivity index (χ4v) is 2.25. The van der Waals surface area contributed by atoms with Gasteiger partial charge in [-0.15, -0.1) is 0 Å². The molecule has 1 amide bonds. The average molecular weight is 329 g/mol. The molecule has 0 saturated heterocycles. The number of anilines is 1. The van der Waals surface area contributed by atoms with E-state index in [9.17, 15) is 4.79 Å². The third kappa shape index (κ3) is 4.41. The van der Waals surface area contributed by atoms with Crippen LogP contribution in [0, 0.1) is 0 Å². The maximum atomic E-state index is 12.1. The number of para-hydroxylation sites is 1. The van der Waals surface area contributed by atoms with Crippen molar-refractivity contribution >= 4 is 11.6 Å². The van der Waals surface area contributed by atoms with Gasteiger partial charge in [-0.25, -0.2) is 0 Å². The Kier molecular flexibility index (Phi) is 6.07. The number of carbonyl (C=O) groups excluding carboxylic acids is 1. The molecule has 128 valence electrons. The van der Waals surface area contributed by atoms with Gasteiger partial charge in [0.15, 0.2) is 18.1 Å². The Labute approximate surface area is 142 Å². The van der Waals surface area contributed by atoms with E-state index < -0.39 is 0 Å². The van der Waals surface area contributed by atoms with Crippen molar-refractivity contribution in [2.24, 2.45) is 0 Å². The molecule has 0 bridgehead atoms. The minimum absolute atomic E-state index is 0.136. The van der Waals surface area contributed by atoms with Gasteiger partial charge in [-0.1, -0.05) is 32.0 Å². The Balaban J connectivity index is 1.98. The van der Waals surface area contributed by atoms with Crippen molar-refractivity contribution in [2.75, 3.05) is 26.1 Å². The molecule has 0 aliphatic heterocycles. The van der Waals surface area contributed by atoms with Gasteiger partial charge in [0.05, 0.1) is 14.2 Å². The van der Waals surface area contributed by atoms with Gasteiger partial charge >= 0.3 is 0 Å². The molecule has 1 N–H and O–H groups in total. The molecule has 0 fully saturated rings. The van der Waals surface area contributed by atoms with E-state index in [1.54, 1.807) is 18.2 Å². The van der Waals surface area contributed by atoms with E-state index in [2.05, 4.69) is 19.2 Å². The van der Waals surface area contributed by atoms with Crippen LogP contribution in [0.4, 0.5) is 5.69 Å². The van der Waals surface area contributed by atoms with Crippen LogP contribution < -0.4 is 19.5 Å². The molecule has 24 heavy (non-hydrogen) atoms. The zero-order chi connectivity index (χ0) is 17.5. The number of rotatable bonds is 7. The standard InChI is InChI=1S/C19H23NO4/c1-13(2)14-8-10-15(11-9-14)20-18(21)12-24-19-16(22-3)6-5-7-17(19)23-4/h5-11,13H,12H2,1-4H3,(H,20,21). The SMILES string of the molecule is COc1cccc(OC)c1OCC(=O)Nc1ccc(C(C)C)cc1. The summed E-state index contributed by atoms with van der Waals surface area (Å²) in [5.41, 5.74) is 1.96. The normalized spacial score (nSPS) is 10.4. The number of nitrogens with one attached hydrogen (secondary N) is 1. The topological polar surface area (TPSA) is 56.8 Å². The maximum Gasteiger partial charge on any atom is 0.262 e. The van der Waals surface area contributed by atoms with Crippen molar-refractivity contribution in [3.63, 3.8) is 0 Å². The molecule has 5 nitrogen and oxygen atoms in total. The second-order valence-corrected chi connectivity index (χ2v) is 5.61. The smallest absolute Gasteiger partial charge is 0.262 e. The minimum Gasteiger partial charge on any atom is -0.493 e. The van der Waals surface area contributed by atoms with E-state index >= 15 is 0 Å². The second kappa shape index (κ2) is 8.24. The molecule has 0 aliphatic carbocycles. The van der Waals surface area contributed by atoms with Crippen LogP contribution in [0.1, 0.15) is 25.3 Å². The van der Waals surface area contributed by atoms with Crippen LogP contribution in [-0.4, -0.2) is 26.7 Å². The quantitative estimate of drug-likeness (QED) is 0.838. The Morgan fingerprint density at radius 2 is 1.58 bits per heavy atom. The summed E-state index contributed by atoms with van der Waals surface area (Å²) in [6.07, 6.45) is 0. The Morgan fingerprint density at radius 1 is 1.00 bits per heavy atom. The number of ether oxygens (including phenoxy) is 3. The molecule has 0 heterocycles. The number of amides is 1. The molecule has 0 radical (unpaired) electrons. The van der Waals surface area contributed by atoms with Gasteiger partial charge in [0, 0.05) is 5.69 Å². The number of benzene rings is 2.